The van der Waals surface area contributed by atoms with Crippen molar-refractivity contribution >= 4 is 5.96 Å². The second kappa shape index (κ2) is 12.6. The Hall–Kier alpha value is -0.850. The zero-order valence-electron chi connectivity index (χ0n) is 18.2. The molecule has 0 saturated carbocycles. The Bertz CT molecular complexity index is 423. The summed E-state index contributed by atoms with van der Waals surface area (Å²) in [6, 6.07) is 0.510. The van der Waals surface area contributed by atoms with Crippen LogP contribution in [0.4, 0.5) is 0 Å². The number of ether oxygens (including phenoxy) is 1. The molecule has 2 fully saturated rings. The molecule has 0 radical (unpaired) electrons. The number of hydrogen-bond donors (Lipinski definition) is 2. The van der Waals surface area contributed by atoms with Crippen LogP contribution in [-0.4, -0.2) is 87.4 Å². The van der Waals surface area contributed by atoms with Crippen LogP contribution < -0.4 is 10.6 Å². The maximum Gasteiger partial charge on any atom is 0.191 e. The first kappa shape index (κ1) is 22.4. The molecule has 0 spiro atoms. The molecule has 2 atom stereocenters. The van der Waals surface area contributed by atoms with Crippen LogP contribution in [0.3, 0.4) is 0 Å². The van der Waals surface area contributed by atoms with Crippen molar-refractivity contribution in [2.45, 2.75) is 53.0 Å². The molecule has 2 unspecified atom stereocenters. The fraction of sp³-hybridized carbons (Fsp3) is 0.952. The van der Waals surface area contributed by atoms with Gasteiger partial charge in [-0.05, 0) is 51.1 Å². The molecule has 0 amide bonds. The molecule has 0 aromatic carbocycles. The van der Waals surface area contributed by atoms with E-state index in [1.165, 1.54) is 38.9 Å². The summed E-state index contributed by atoms with van der Waals surface area (Å²) in [5.74, 6) is 2.41. The summed E-state index contributed by atoms with van der Waals surface area (Å²) in [5, 5.41) is 7.04. The number of morpholine rings is 1. The molecule has 2 saturated heterocycles. The number of hydrogen-bond acceptors (Lipinski definition) is 4. The monoisotopic (exact) mass is 381 g/mol. The minimum absolute atomic E-state index is 0.510. The van der Waals surface area contributed by atoms with Gasteiger partial charge in [-0.1, -0.05) is 20.8 Å². The van der Waals surface area contributed by atoms with Crippen LogP contribution >= 0.6 is 0 Å². The van der Waals surface area contributed by atoms with Crippen LogP contribution in [0, 0.1) is 11.8 Å². The number of rotatable bonds is 10. The van der Waals surface area contributed by atoms with E-state index >= 15 is 0 Å². The van der Waals surface area contributed by atoms with E-state index < -0.39 is 0 Å². The molecular weight excluding hydrogens is 338 g/mol. The zero-order valence-corrected chi connectivity index (χ0v) is 18.2. The van der Waals surface area contributed by atoms with Crippen LogP contribution in [-0.2, 0) is 4.74 Å². The third-order valence-corrected chi connectivity index (χ3v) is 5.58. The zero-order chi connectivity index (χ0) is 19.5. The van der Waals surface area contributed by atoms with Gasteiger partial charge < -0.3 is 20.3 Å². The topological polar surface area (TPSA) is 52.1 Å². The minimum atomic E-state index is 0.510. The average Bonchev–Trinajstić information content (AvgIpc) is 3.11. The van der Waals surface area contributed by atoms with Crippen molar-refractivity contribution in [3.8, 4) is 0 Å². The molecule has 2 N–H and O–H groups in total. The normalized spacial score (nSPS) is 23.7. The van der Waals surface area contributed by atoms with Gasteiger partial charge in [-0.25, -0.2) is 0 Å². The van der Waals surface area contributed by atoms with E-state index in [1.807, 2.05) is 0 Å². The van der Waals surface area contributed by atoms with Gasteiger partial charge in [0.25, 0.3) is 0 Å². The lowest BCUT2D eigenvalue weighted by atomic mass is 10.0. The van der Waals surface area contributed by atoms with Crippen molar-refractivity contribution in [1.82, 2.24) is 20.4 Å². The highest BCUT2D eigenvalue weighted by molar-refractivity contribution is 5.79. The van der Waals surface area contributed by atoms with E-state index in [2.05, 4.69) is 48.1 Å². The van der Waals surface area contributed by atoms with Crippen molar-refractivity contribution < 1.29 is 4.74 Å². The molecule has 6 nitrogen and oxygen atoms in total. The molecule has 27 heavy (non-hydrogen) atoms. The molecule has 6 heteroatoms. The van der Waals surface area contributed by atoms with E-state index in [0.717, 1.165) is 57.8 Å². The molecular formula is C21H43N5O. The first-order valence-corrected chi connectivity index (χ1v) is 11.2. The molecule has 0 aromatic rings. The van der Waals surface area contributed by atoms with Crippen molar-refractivity contribution in [2.24, 2.45) is 16.8 Å². The lowest BCUT2D eigenvalue weighted by Gasteiger charge is -2.34. The average molecular weight is 382 g/mol. The molecule has 0 bridgehead atoms. The van der Waals surface area contributed by atoms with Gasteiger partial charge >= 0.3 is 0 Å². The number of nitrogens with one attached hydrogen (secondary N) is 2. The van der Waals surface area contributed by atoms with Gasteiger partial charge in [0.05, 0.1) is 19.8 Å². The summed E-state index contributed by atoms with van der Waals surface area (Å²) < 4.78 is 5.53. The van der Waals surface area contributed by atoms with Gasteiger partial charge in [0.2, 0.25) is 0 Å². The quantitative estimate of drug-likeness (QED) is 0.448. The summed E-state index contributed by atoms with van der Waals surface area (Å²) in [5.41, 5.74) is 0. The third kappa shape index (κ3) is 8.36. The first-order valence-electron chi connectivity index (χ1n) is 11.2. The maximum atomic E-state index is 5.53. The summed E-state index contributed by atoms with van der Waals surface area (Å²) in [4.78, 5) is 10.1. The number of aliphatic imine (C=N–C) groups is 1. The van der Waals surface area contributed by atoms with Crippen molar-refractivity contribution in [1.29, 1.82) is 0 Å². The summed E-state index contributed by atoms with van der Waals surface area (Å²) in [7, 11) is 0. The van der Waals surface area contributed by atoms with Gasteiger partial charge in [0, 0.05) is 38.8 Å². The highest BCUT2D eigenvalue weighted by Gasteiger charge is 2.23. The molecule has 158 valence electrons. The van der Waals surface area contributed by atoms with Crippen LogP contribution in [0.1, 0.15) is 47.0 Å². The van der Waals surface area contributed by atoms with Crippen LogP contribution in [0.5, 0.6) is 0 Å². The Morgan fingerprint density at radius 2 is 1.93 bits per heavy atom. The molecule has 2 aliphatic rings. The SMILES string of the molecule is CCCN1CCC(CNC(=NCC(CC(C)C)N2CCOCC2)NCC)C1. The number of likely N-dealkylation sites (tertiary alicyclic amines) is 1. The largest absolute Gasteiger partial charge is 0.379 e. The second-order valence-corrected chi connectivity index (χ2v) is 8.49. The van der Waals surface area contributed by atoms with E-state index in [4.69, 9.17) is 9.73 Å². The van der Waals surface area contributed by atoms with E-state index in [0.29, 0.717) is 12.0 Å². The molecule has 2 rings (SSSR count). The summed E-state index contributed by atoms with van der Waals surface area (Å²) in [6.45, 7) is 19.3. The highest BCUT2D eigenvalue weighted by atomic mass is 16.5. The second-order valence-electron chi connectivity index (χ2n) is 8.49. The Morgan fingerprint density at radius 1 is 1.15 bits per heavy atom. The van der Waals surface area contributed by atoms with Gasteiger partial charge in [-0.2, -0.15) is 0 Å². The number of nitrogens with zero attached hydrogens (tertiary/aromatic N) is 3. The van der Waals surface area contributed by atoms with Crippen molar-refractivity contribution in [2.75, 3.05) is 65.6 Å². The Morgan fingerprint density at radius 3 is 2.59 bits per heavy atom. The highest BCUT2D eigenvalue weighted by Crippen LogP contribution is 2.16. The Labute approximate surface area is 167 Å². The summed E-state index contributed by atoms with van der Waals surface area (Å²) in [6.07, 6.45) is 3.75. The van der Waals surface area contributed by atoms with E-state index in [1.54, 1.807) is 0 Å². The van der Waals surface area contributed by atoms with Crippen LogP contribution in [0.15, 0.2) is 4.99 Å². The number of guanidine groups is 1. The predicted molar refractivity (Wildman–Crippen MR) is 114 cm³/mol. The predicted octanol–water partition coefficient (Wildman–Crippen LogP) is 2.02. The molecule has 2 heterocycles. The molecule has 0 aromatic heterocycles. The van der Waals surface area contributed by atoms with Gasteiger partial charge in [0.1, 0.15) is 0 Å². The summed E-state index contributed by atoms with van der Waals surface area (Å²) >= 11 is 0. The lowest BCUT2D eigenvalue weighted by Crippen LogP contribution is -2.46. The fourth-order valence-electron chi connectivity index (χ4n) is 4.20. The van der Waals surface area contributed by atoms with E-state index in [9.17, 15) is 0 Å². The molecule has 2 aliphatic heterocycles. The van der Waals surface area contributed by atoms with Crippen LogP contribution in [0.25, 0.3) is 0 Å². The van der Waals surface area contributed by atoms with Gasteiger partial charge in [-0.3, -0.25) is 9.89 Å². The molecule has 0 aliphatic carbocycles. The van der Waals surface area contributed by atoms with Crippen molar-refractivity contribution in [3.05, 3.63) is 0 Å². The fourth-order valence-corrected chi connectivity index (χ4v) is 4.20. The first-order chi connectivity index (χ1) is 13.1. The van der Waals surface area contributed by atoms with Gasteiger partial charge in [-0.15, -0.1) is 0 Å². The Kier molecular flexibility index (Phi) is 10.5. The lowest BCUT2D eigenvalue weighted by molar-refractivity contribution is 0.0143. The van der Waals surface area contributed by atoms with Crippen molar-refractivity contribution in [3.63, 3.8) is 0 Å². The smallest absolute Gasteiger partial charge is 0.191 e. The Balaban J connectivity index is 1.85. The van der Waals surface area contributed by atoms with E-state index in [-0.39, 0.29) is 0 Å². The van der Waals surface area contributed by atoms with Gasteiger partial charge in [0.15, 0.2) is 5.96 Å². The maximum absolute atomic E-state index is 5.53. The standard InChI is InChI=1S/C21H43N5O/c1-5-8-25-9-7-19(17-25)15-23-21(22-6-2)24-16-20(14-18(3)4)26-10-12-27-13-11-26/h18-20H,5-17H2,1-4H3,(H2,22,23,24). The van der Waals surface area contributed by atoms with Crippen LogP contribution in [0.2, 0.25) is 0 Å². The third-order valence-electron chi connectivity index (χ3n) is 5.58. The minimum Gasteiger partial charge on any atom is -0.379 e.